The topological polar surface area (TPSA) is 93.8 Å². The molecule has 1 saturated heterocycles. The normalized spacial score (nSPS) is 21.9. The molecule has 4 amide bonds. The van der Waals surface area contributed by atoms with Crippen LogP contribution in [-0.2, 0) is 9.59 Å². The van der Waals surface area contributed by atoms with Crippen LogP contribution < -0.4 is 16.0 Å². The number of carbonyl (C=O) groups excluding carboxylic acids is 3. The van der Waals surface area contributed by atoms with Gasteiger partial charge in [0.15, 0.2) is 0 Å². The zero-order valence-corrected chi connectivity index (χ0v) is 23.4. The van der Waals surface area contributed by atoms with Gasteiger partial charge in [0.05, 0.1) is 18.2 Å². The molecule has 1 aromatic carbocycles. The Morgan fingerprint density at radius 3 is 2.63 bits per heavy atom. The Balaban J connectivity index is 1.68. The van der Waals surface area contributed by atoms with Gasteiger partial charge in [0.25, 0.3) is 5.91 Å². The third-order valence-corrected chi connectivity index (χ3v) is 7.36. The van der Waals surface area contributed by atoms with Crippen LogP contribution in [0.1, 0.15) is 19.4 Å². The largest absolute Gasteiger partial charge is 0.381 e. The van der Waals surface area contributed by atoms with E-state index in [4.69, 9.17) is 0 Å². The summed E-state index contributed by atoms with van der Waals surface area (Å²) in [5.41, 5.74) is 6.03. The van der Waals surface area contributed by atoms with E-state index in [1.165, 1.54) is 4.90 Å². The first-order chi connectivity index (χ1) is 19.8. The second-order valence-electron chi connectivity index (χ2n) is 10.1. The van der Waals surface area contributed by atoms with Gasteiger partial charge in [-0.25, -0.2) is 4.79 Å². The molecule has 3 aliphatic heterocycles. The van der Waals surface area contributed by atoms with Gasteiger partial charge in [-0.05, 0) is 60.1 Å². The molecule has 208 valence electrons. The Labute approximate surface area is 240 Å². The van der Waals surface area contributed by atoms with Crippen molar-refractivity contribution in [3.05, 3.63) is 137 Å². The molecule has 0 bridgehead atoms. The first kappa shape index (κ1) is 27.5. The lowest BCUT2D eigenvalue weighted by Gasteiger charge is -2.36. The fraction of sp³-hybridized carbons (Fsp3) is 0.182. The van der Waals surface area contributed by atoms with Crippen molar-refractivity contribution in [2.24, 2.45) is 0 Å². The molecule has 0 aromatic heterocycles. The molecule has 3 heterocycles. The van der Waals surface area contributed by atoms with Crippen molar-refractivity contribution in [1.82, 2.24) is 25.8 Å². The quantitative estimate of drug-likeness (QED) is 0.351. The standard InChI is InChI=1S/C33H33N5O3/c1-5-6-11-21(2)22(3)29(23-12-8-7-9-13-23)31-35-27(19-38-20-28(39)36-33(38)41)30(32(40)37(31)4)25-15-16-26-24(18-25)14-10-17-34-26/h5-18,26,34-35H,3,19-20H2,1-2,4H3,(H,36,39,41)/b6-5-,21-11+,31-29+. The van der Waals surface area contributed by atoms with Crippen LogP contribution in [0.2, 0.25) is 0 Å². The maximum absolute atomic E-state index is 14.3. The Kier molecular flexibility index (Phi) is 7.74. The molecule has 1 unspecified atom stereocenters. The molecule has 1 atom stereocenters. The number of fused-ring (bicyclic) bond motifs is 1. The minimum absolute atomic E-state index is 0.0227. The minimum Gasteiger partial charge on any atom is -0.381 e. The summed E-state index contributed by atoms with van der Waals surface area (Å²) in [4.78, 5) is 41.8. The van der Waals surface area contributed by atoms with Crippen molar-refractivity contribution in [2.75, 3.05) is 20.1 Å². The van der Waals surface area contributed by atoms with Gasteiger partial charge in [0.2, 0.25) is 5.91 Å². The summed E-state index contributed by atoms with van der Waals surface area (Å²) in [5, 5.41) is 9.13. The van der Waals surface area contributed by atoms with Gasteiger partial charge < -0.3 is 15.5 Å². The van der Waals surface area contributed by atoms with Crippen LogP contribution in [0.4, 0.5) is 4.79 Å². The molecular formula is C33H33N5O3. The predicted molar refractivity (Wildman–Crippen MR) is 160 cm³/mol. The van der Waals surface area contributed by atoms with E-state index >= 15 is 0 Å². The third kappa shape index (κ3) is 5.49. The summed E-state index contributed by atoms with van der Waals surface area (Å²) < 4.78 is 0. The van der Waals surface area contributed by atoms with Gasteiger partial charge in [0.1, 0.15) is 12.4 Å². The number of hydrogen-bond donors (Lipinski definition) is 3. The van der Waals surface area contributed by atoms with Crippen LogP contribution in [0.3, 0.4) is 0 Å². The molecule has 1 aliphatic carbocycles. The van der Waals surface area contributed by atoms with Crippen molar-refractivity contribution in [3.63, 3.8) is 0 Å². The van der Waals surface area contributed by atoms with Crippen LogP contribution in [0.25, 0.3) is 5.57 Å². The van der Waals surface area contributed by atoms with Crippen molar-refractivity contribution in [3.8, 4) is 0 Å². The summed E-state index contributed by atoms with van der Waals surface area (Å²) in [6.07, 6.45) is 17.6. The smallest absolute Gasteiger partial charge is 0.324 e. The van der Waals surface area contributed by atoms with E-state index in [-0.39, 0.29) is 30.9 Å². The number of carbonyl (C=O) groups is 3. The van der Waals surface area contributed by atoms with Crippen LogP contribution in [0.5, 0.6) is 0 Å². The number of rotatable bonds is 7. The van der Waals surface area contributed by atoms with E-state index in [1.807, 2.05) is 99.0 Å². The highest BCUT2D eigenvalue weighted by Crippen LogP contribution is 2.36. The van der Waals surface area contributed by atoms with Crippen LogP contribution in [-0.4, -0.2) is 53.8 Å². The molecule has 5 rings (SSSR count). The lowest BCUT2D eigenvalue weighted by Crippen LogP contribution is -2.45. The number of allylic oxidation sites excluding steroid dienone is 9. The van der Waals surface area contributed by atoms with E-state index < -0.39 is 6.03 Å². The molecule has 4 aliphatic rings. The fourth-order valence-corrected chi connectivity index (χ4v) is 5.14. The summed E-state index contributed by atoms with van der Waals surface area (Å²) in [7, 11) is 1.73. The van der Waals surface area contributed by atoms with Gasteiger partial charge in [-0.2, -0.15) is 0 Å². The Morgan fingerprint density at radius 1 is 1.15 bits per heavy atom. The van der Waals surface area contributed by atoms with Crippen LogP contribution in [0, 0.1) is 0 Å². The first-order valence-electron chi connectivity index (χ1n) is 13.5. The van der Waals surface area contributed by atoms with Gasteiger partial charge in [-0.1, -0.05) is 73.4 Å². The van der Waals surface area contributed by atoms with Gasteiger partial charge in [-0.3, -0.25) is 19.8 Å². The fourth-order valence-electron chi connectivity index (χ4n) is 5.14. The van der Waals surface area contributed by atoms with Crippen molar-refractivity contribution >= 4 is 23.4 Å². The van der Waals surface area contributed by atoms with Gasteiger partial charge in [0, 0.05) is 18.3 Å². The molecule has 3 N–H and O–H groups in total. The van der Waals surface area contributed by atoms with E-state index in [9.17, 15) is 14.4 Å². The summed E-state index contributed by atoms with van der Waals surface area (Å²) in [6, 6.07) is 9.30. The van der Waals surface area contributed by atoms with Crippen molar-refractivity contribution in [1.29, 1.82) is 0 Å². The van der Waals surface area contributed by atoms with E-state index in [1.54, 1.807) is 11.9 Å². The summed E-state index contributed by atoms with van der Waals surface area (Å²) >= 11 is 0. The second kappa shape index (κ2) is 11.6. The zero-order chi connectivity index (χ0) is 29.1. The number of urea groups is 1. The SMILES string of the molecule is C=C(/C(=C1/NC(CN2CC(=O)NC2=O)=C(C2=CC3=CC=CNC3C=C2)C(=O)N1C)c1ccccc1)/C(C)=C/C=C\C. The Morgan fingerprint density at radius 2 is 1.93 bits per heavy atom. The average Bonchev–Trinajstić information content (AvgIpc) is 3.30. The number of hydrogen-bond acceptors (Lipinski definition) is 5. The highest BCUT2D eigenvalue weighted by atomic mass is 16.2. The zero-order valence-electron chi connectivity index (χ0n) is 23.4. The Hall–Kier alpha value is -5.11. The van der Waals surface area contributed by atoms with Crippen LogP contribution in [0.15, 0.2) is 131 Å². The van der Waals surface area contributed by atoms with E-state index in [2.05, 4.69) is 22.5 Å². The number of nitrogens with one attached hydrogen (secondary N) is 3. The van der Waals surface area contributed by atoms with Crippen molar-refractivity contribution < 1.29 is 14.4 Å². The summed E-state index contributed by atoms with van der Waals surface area (Å²) in [6.45, 7) is 8.30. The average molecular weight is 548 g/mol. The Bertz CT molecular complexity index is 1570. The van der Waals surface area contributed by atoms with Crippen LogP contribution >= 0.6 is 0 Å². The third-order valence-electron chi connectivity index (χ3n) is 7.36. The molecular weight excluding hydrogens is 514 g/mol. The molecule has 1 fully saturated rings. The lowest BCUT2D eigenvalue weighted by molar-refractivity contribution is -0.124. The highest BCUT2D eigenvalue weighted by molar-refractivity contribution is 6.04. The highest BCUT2D eigenvalue weighted by Gasteiger charge is 2.36. The number of imide groups is 1. The van der Waals surface area contributed by atoms with Gasteiger partial charge >= 0.3 is 6.03 Å². The second-order valence-corrected chi connectivity index (χ2v) is 10.1. The first-order valence-corrected chi connectivity index (χ1v) is 13.5. The maximum atomic E-state index is 14.3. The molecule has 8 heteroatoms. The molecule has 0 saturated carbocycles. The minimum atomic E-state index is -0.490. The molecule has 0 radical (unpaired) electrons. The number of likely N-dealkylation sites (N-methyl/N-ethyl adjacent to an activating group) is 1. The van der Waals surface area contributed by atoms with Gasteiger partial charge in [-0.15, -0.1) is 0 Å². The molecule has 1 aromatic rings. The lowest BCUT2D eigenvalue weighted by atomic mass is 9.88. The number of benzene rings is 1. The van der Waals surface area contributed by atoms with Crippen molar-refractivity contribution in [2.45, 2.75) is 19.9 Å². The number of amides is 4. The molecule has 0 spiro atoms. The maximum Gasteiger partial charge on any atom is 0.324 e. The molecule has 41 heavy (non-hydrogen) atoms. The molecule has 8 nitrogen and oxygen atoms in total. The van der Waals surface area contributed by atoms with E-state index in [0.29, 0.717) is 17.1 Å². The number of nitrogens with zero attached hydrogens (tertiary/aromatic N) is 2. The summed E-state index contributed by atoms with van der Waals surface area (Å²) in [5.74, 6) is -0.0609. The monoisotopic (exact) mass is 547 g/mol. The predicted octanol–water partition coefficient (Wildman–Crippen LogP) is 4.21. The number of dihydropyridines is 1. The van der Waals surface area contributed by atoms with E-state index in [0.717, 1.165) is 33.4 Å².